The highest BCUT2D eigenvalue weighted by atomic mass is 32.2. The van der Waals surface area contributed by atoms with E-state index < -0.39 is 10.0 Å². The van der Waals surface area contributed by atoms with Gasteiger partial charge in [0, 0.05) is 13.0 Å². The topological polar surface area (TPSA) is 66.5 Å². The van der Waals surface area contributed by atoms with Gasteiger partial charge in [-0.15, -0.1) is 0 Å². The van der Waals surface area contributed by atoms with Gasteiger partial charge in [-0.3, -0.25) is 9.10 Å². The summed E-state index contributed by atoms with van der Waals surface area (Å²) in [6.07, 6.45) is 6.70. The number of benzene rings is 2. The van der Waals surface area contributed by atoms with E-state index in [2.05, 4.69) is 23.5 Å². The van der Waals surface area contributed by atoms with E-state index in [0.717, 1.165) is 24.0 Å². The summed E-state index contributed by atoms with van der Waals surface area (Å²) in [4.78, 5) is 12.5. The molecule has 1 atom stereocenters. The molecule has 0 aliphatic heterocycles. The van der Waals surface area contributed by atoms with Crippen molar-refractivity contribution in [2.45, 2.75) is 58.4 Å². The molecular formula is C24H32N2O3S. The van der Waals surface area contributed by atoms with E-state index in [0.29, 0.717) is 12.1 Å². The Morgan fingerprint density at radius 1 is 1.10 bits per heavy atom. The monoisotopic (exact) mass is 428 g/mol. The number of rotatable bonds is 8. The molecule has 0 saturated heterocycles. The fourth-order valence-corrected chi connectivity index (χ4v) is 5.03. The SMILES string of the molecule is Cc1cccc(N(CCCC(=O)N[C@@H](C)c2ccc3c(c2)CCCC3)S(C)(=O)=O)c1. The van der Waals surface area contributed by atoms with E-state index >= 15 is 0 Å². The molecule has 0 bridgehead atoms. The van der Waals surface area contributed by atoms with Crippen molar-refractivity contribution in [2.24, 2.45) is 0 Å². The van der Waals surface area contributed by atoms with Gasteiger partial charge in [-0.2, -0.15) is 0 Å². The summed E-state index contributed by atoms with van der Waals surface area (Å²) in [6, 6.07) is 13.9. The number of sulfonamides is 1. The summed E-state index contributed by atoms with van der Waals surface area (Å²) in [5.74, 6) is -0.0575. The summed E-state index contributed by atoms with van der Waals surface area (Å²) in [6.45, 7) is 4.21. The largest absolute Gasteiger partial charge is 0.350 e. The zero-order valence-electron chi connectivity index (χ0n) is 18.1. The van der Waals surface area contributed by atoms with Crippen LogP contribution in [0.4, 0.5) is 5.69 Å². The molecule has 0 saturated carbocycles. The van der Waals surface area contributed by atoms with Crippen molar-refractivity contribution in [1.29, 1.82) is 0 Å². The lowest BCUT2D eigenvalue weighted by atomic mass is 9.89. The van der Waals surface area contributed by atoms with Crippen LogP contribution in [0.1, 0.15) is 60.9 Å². The molecule has 0 fully saturated rings. The Hall–Kier alpha value is -2.34. The minimum Gasteiger partial charge on any atom is -0.350 e. The number of anilines is 1. The van der Waals surface area contributed by atoms with Crippen LogP contribution in [0.25, 0.3) is 0 Å². The molecule has 0 radical (unpaired) electrons. The molecule has 2 aromatic carbocycles. The fraction of sp³-hybridized carbons (Fsp3) is 0.458. The summed E-state index contributed by atoms with van der Waals surface area (Å²) in [5, 5.41) is 3.06. The Balaban J connectivity index is 1.55. The lowest BCUT2D eigenvalue weighted by Crippen LogP contribution is -2.32. The highest BCUT2D eigenvalue weighted by molar-refractivity contribution is 7.92. The Kier molecular flexibility index (Phi) is 7.19. The second-order valence-corrected chi connectivity index (χ2v) is 10.2. The van der Waals surface area contributed by atoms with Crippen molar-refractivity contribution in [2.75, 3.05) is 17.1 Å². The van der Waals surface area contributed by atoms with Crippen LogP contribution in [0, 0.1) is 6.92 Å². The lowest BCUT2D eigenvalue weighted by molar-refractivity contribution is -0.121. The fourth-order valence-electron chi connectivity index (χ4n) is 4.07. The van der Waals surface area contributed by atoms with E-state index in [-0.39, 0.29) is 24.9 Å². The summed E-state index contributed by atoms with van der Waals surface area (Å²) in [5.41, 5.74) is 5.60. The molecule has 1 aliphatic carbocycles. The van der Waals surface area contributed by atoms with E-state index in [9.17, 15) is 13.2 Å². The van der Waals surface area contributed by atoms with Gasteiger partial charge in [0.25, 0.3) is 0 Å². The van der Waals surface area contributed by atoms with Crippen LogP contribution in [0.3, 0.4) is 0 Å². The predicted octanol–water partition coefficient (Wildman–Crippen LogP) is 4.30. The van der Waals surface area contributed by atoms with Crippen molar-refractivity contribution in [3.05, 3.63) is 64.7 Å². The molecule has 1 aliphatic rings. The number of nitrogens with zero attached hydrogens (tertiary/aromatic N) is 1. The Morgan fingerprint density at radius 2 is 1.83 bits per heavy atom. The summed E-state index contributed by atoms with van der Waals surface area (Å²) < 4.78 is 25.8. The first-order chi connectivity index (χ1) is 14.2. The number of fused-ring (bicyclic) bond motifs is 1. The van der Waals surface area contributed by atoms with Gasteiger partial charge < -0.3 is 5.32 Å². The number of aryl methyl sites for hydroxylation is 3. The lowest BCUT2D eigenvalue weighted by Gasteiger charge is -2.23. The molecule has 0 spiro atoms. The normalized spacial score (nSPS) is 14.6. The zero-order chi connectivity index (χ0) is 21.7. The van der Waals surface area contributed by atoms with Crippen molar-refractivity contribution in [1.82, 2.24) is 5.32 Å². The maximum Gasteiger partial charge on any atom is 0.232 e. The highest BCUT2D eigenvalue weighted by Gasteiger charge is 2.18. The van der Waals surface area contributed by atoms with Crippen LogP contribution >= 0.6 is 0 Å². The third-order valence-corrected chi connectivity index (χ3v) is 6.90. The molecule has 1 N–H and O–H groups in total. The standard InChI is InChI=1S/C24H32N2O3S/c1-18-8-6-11-23(16-18)26(30(3,28)29)15-7-12-24(27)25-19(2)21-14-13-20-9-4-5-10-22(20)17-21/h6,8,11,13-14,16-17,19H,4-5,7,9-10,12,15H2,1-3H3,(H,25,27)/t19-/m0/s1. The highest BCUT2D eigenvalue weighted by Crippen LogP contribution is 2.25. The first-order valence-electron chi connectivity index (χ1n) is 10.7. The van der Waals surface area contributed by atoms with E-state index in [1.807, 2.05) is 32.0 Å². The Labute approximate surface area is 180 Å². The Morgan fingerprint density at radius 3 is 2.53 bits per heavy atom. The van der Waals surface area contributed by atoms with Gasteiger partial charge in [0.1, 0.15) is 0 Å². The van der Waals surface area contributed by atoms with Crippen molar-refractivity contribution in [3.8, 4) is 0 Å². The van der Waals surface area contributed by atoms with Crippen LogP contribution in [0.15, 0.2) is 42.5 Å². The first kappa shape index (κ1) is 22.3. The number of carbonyl (C=O) groups is 1. The quantitative estimate of drug-likeness (QED) is 0.682. The second kappa shape index (κ2) is 9.65. The molecule has 0 heterocycles. The van der Waals surface area contributed by atoms with Crippen LogP contribution in [0.2, 0.25) is 0 Å². The van der Waals surface area contributed by atoms with Gasteiger partial charge in [0.2, 0.25) is 15.9 Å². The average Bonchev–Trinajstić information content (AvgIpc) is 2.69. The maximum absolute atomic E-state index is 12.5. The van der Waals surface area contributed by atoms with Crippen molar-refractivity contribution >= 4 is 21.6 Å². The maximum atomic E-state index is 12.5. The van der Waals surface area contributed by atoms with Crippen LogP contribution in [0.5, 0.6) is 0 Å². The number of hydrogen-bond acceptors (Lipinski definition) is 3. The second-order valence-electron chi connectivity index (χ2n) is 8.30. The number of amides is 1. The number of nitrogens with one attached hydrogen (secondary N) is 1. The molecule has 6 heteroatoms. The predicted molar refractivity (Wildman–Crippen MR) is 122 cm³/mol. The Bertz CT molecular complexity index is 1000. The van der Waals surface area contributed by atoms with E-state index in [1.165, 1.54) is 34.5 Å². The van der Waals surface area contributed by atoms with Crippen molar-refractivity contribution < 1.29 is 13.2 Å². The molecule has 3 rings (SSSR count). The van der Waals surface area contributed by atoms with Crippen molar-refractivity contribution in [3.63, 3.8) is 0 Å². The molecule has 5 nitrogen and oxygen atoms in total. The zero-order valence-corrected chi connectivity index (χ0v) is 19.0. The van der Waals surface area contributed by atoms with Crippen LogP contribution in [-0.2, 0) is 27.7 Å². The molecule has 2 aromatic rings. The minimum absolute atomic E-state index is 0.0575. The molecule has 30 heavy (non-hydrogen) atoms. The molecule has 0 unspecified atom stereocenters. The van der Waals surface area contributed by atoms with Gasteiger partial charge in [0.15, 0.2) is 0 Å². The van der Waals surface area contributed by atoms with Crippen LogP contribution in [-0.4, -0.2) is 27.1 Å². The minimum atomic E-state index is -3.41. The number of hydrogen-bond donors (Lipinski definition) is 1. The van der Waals surface area contributed by atoms with E-state index in [4.69, 9.17) is 0 Å². The van der Waals surface area contributed by atoms with Crippen LogP contribution < -0.4 is 9.62 Å². The van der Waals surface area contributed by atoms with Gasteiger partial charge in [-0.05, 0) is 80.3 Å². The van der Waals surface area contributed by atoms with Gasteiger partial charge in [-0.1, -0.05) is 30.3 Å². The first-order valence-corrected chi connectivity index (χ1v) is 12.5. The van der Waals surface area contributed by atoms with Gasteiger partial charge in [-0.25, -0.2) is 8.42 Å². The third-order valence-electron chi connectivity index (χ3n) is 5.71. The molecule has 0 aromatic heterocycles. The van der Waals surface area contributed by atoms with Gasteiger partial charge in [0.05, 0.1) is 18.0 Å². The van der Waals surface area contributed by atoms with E-state index in [1.54, 1.807) is 6.07 Å². The molecular weight excluding hydrogens is 396 g/mol. The molecule has 1 amide bonds. The smallest absolute Gasteiger partial charge is 0.232 e. The number of carbonyl (C=O) groups excluding carboxylic acids is 1. The van der Waals surface area contributed by atoms with Gasteiger partial charge >= 0.3 is 0 Å². The average molecular weight is 429 g/mol. The summed E-state index contributed by atoms with van der Waals surface area (Å²) in [7, 11) is -3.41. The summed E-state index contributed by atoms with van der Waals surface area (Å²) >= 11 is 0. The molecule has 162 valence electrons. The third kappa shape index (κ3) is 5.85.